The fourth-order valence-corrected chi connectivity index (χ4v) is 3.63. The van der Waals surface area contributed by atoms with Gasteiger partial charge in [0.25, 0.3) is 11.8 Å². The summed E-state index contributed by atoms with van der Waals surface area (Å²) in [7, 11) is 0. The molecule has 1 atom stereocenters. The minimum atomic E-state index is -0.356. The summed E-state index contributed by atoms with van der Waals surface area (Å²) in [4.78, 5) is 27.0. The van der Waals surface area contributed by atoms with Crippen LogP contribution in [0.15, 0.2) is 72.8 Å². The van der Waals surface area contributed by atoms with Crippen molar-refractivity contribution >= 4 is 23.2 Å². The molecule has 0 spiro atoms. The lowest BCUT2D eigenvalue weighted by Crippen LogP contribution is -2.37. The van der Waals surface area contributed by atoms with Crippen molar-refractivity contribution < 1.29 is 14.0 Å². The van der Waals surface area contributed by atoms with Crippen LogP contribution in [0.1, 0.15) is 46.3 Å². The lowest BCUT2D eigenvalue weighted by atomic mass is 10.1. The lowest BCUT2D eigenvalue weighted by molar-refractivity contribution is 0.0685. The van der Waals surface area contributed by atoms with Gasteiger partial charge in [0, 0.05) is 34.1 Å². The molecule has 2 N–H and O–H groups in total. The first-order valence-corrected chi connectivity index (χ1v) is 9.79. The van der Waals surface area contributed by atoms with Crippen LogP contribution in [0.25, 0.3) is 0 Å². The van der Waals surface area contributed by atoms with Crippen LogP contribution in [0.2, 0.25) is 0 Å². The SMILES string of the molecule is CC(C)N1C(=O)c2ccccc2C1Nc1ccc(C(=O)Nc2ccc(F)cc2)cc1. The zero-order valence-corrected chi connectivity index (χ0v) is 16.7. The molecule has 0 saturated carbocycles. The zero-order chi connectivity index (χ0) is 21.3. The summed E-state index contributed by atoms with van der Waals surface area (Å²) in [5.74, 6) is -0.627. The van der Waals surface area contributed by atoms with E-state index in [1.807, 2.05) is 55.1 Å². The van der Waals surface area contributed by atoms with E-state index in [1.165, 1.54) is 24.3 Å². The van der Waals surface area contributed by atoms with Gasteiger partial charge in [-0.3, -0.25) is 9.59 Å². The van der Waals surface area contributed by atoms with E-state index < -0.39 is 0 Å². The first-order valence-electron chi connectivity index (χ1n) is 9.79. The Kier molecular flexibility index (Phi) is 5.23. The summed E-state index contributed by atoms with van der Waals surface area (Å²) in [6, 6.07) is 20.3. The molecule has 0 saturated heterocycles. The second-order valence-electron chi connectivity index (χ2n) is 7.48. The zero-order valence-electron chi connectivity index (χ0n) is 16.7. The topological polar surface area (TPSA) is 61.4 Å². The van der Waals surface area contributed by atoms with Gasteiger partial charge in [-0.1, -0.05) is 18.2 Å². The number of hydrogen-bond donors (Lipinski definition) is 2. The van der Waals surface area contributed by atoms with Crippen molar-refractivity contribution in [3.05, 3.63) is 95.3 Å². The second kappa shape index (κ2) is 7.99. The molecule has 6 heteroatoms. The van der Waals surface area contributed by atoms with E-state index in [0.717, 1.165) is 11.3 Å². The predicted octanol–water partition coefficient (Wildman–Crippen LogP) is 5.05. The molecule has 1 aliphatic heterocycles. The molecule has 30 heavy (non-hydrogen) atoms. The summed E-state index contributed by atoms with van der Waals surface area (Å²) >= 11 is 0. The number of amides is 2. The average Bonchev–Trinajstić information content (AvgIpc) is 3.02. The van der Waals surface area contributed by atoms with E-state index in [4.69, 9.17) is 0 Å². The van der Waals surface area contributed by atoms with Crippen molar-refractivity contribution in [1.82, 2.24) is 4.90 Å². The largest absolute Gasteiger partial charge is 0.361 e. The molecule has 0 fully saturated rings. The number of fused-ring (bicyclic) bond motifs is 1. The van der Waals surface area contributed by atoms with Gasteiger partial charge in [0.15, 0.2) is 0 Å². The minimum Gasteiger partial charge on any atom is -0.361 e. The molecule has 152 valence electrons. The van der Waals surface area contributed by atoms with Crippen molar-refractivity contribution in [2.24, 2.45) is 0 Å². The lowest BCUT2D eigenvalue weighted by Gasteiger charge is -2.30. The Morgan fingerprint density at radius 3 is 2.23 bits per heavy atom. The molecule has 5 nitrogen and oxygen atoms in total. The van der Waals surface area contributed by atoms with E-state index in [2.05, 4.69) is 10.6 Å². The second-order valence-corrected chi connectivity index (χ2v) is 7.48. The minimum absolute atomic E-state index is 0.00777. The Bertz CT molecular complexity index is 1080. The van der Waals surface area contributed by atoms with Gasteiger partial charge < -0.3 is 15.5 Å². The number of anilines is 2. The van der Waals surface area contributed by atoms with Crippen molar-refractivity contribution in [1.29, 1.82) is 0 Å². The molecule has 4 rings (SSSR count). The maximum absolute atomic E-state index is 13.0. The average molecular weight is 403 g/mol. The summed E-state index contributed by atoms with van der Waals surface area (Å²) in [6.45, 7) is 3.97. The number of carbonyl (C=O) groups excluding carboxylic acids is 2. The summed E-state index contributed by atoms with van der Waals surface area (Å²) in [5.41, 5.74) is 3.45. The van der Waals surface area contributed by atoms with Crippen LogP contribution in [0, 0.1) is 5.82 Å². The van der Waals surface area contributed by atoms with Crippen LogP contribution in [0.5, 0.6) is 0 Å². The van der Waals surface area contributed by atoms with Gasteiger partial charge in [-0.2, -0.15) is 0 Å². The Morgan fingerprint density at radius 2 is 1.57 bits per heavy atom. The molecule has 0 radical (unpaired) electrons. The quantitative estimate of drug-likeness (QED) is 0.626. The van der Waals surface area contributed by atoms with Gasteiger partial charge in [0.05, 0.1) is 0 Å². The van der Waals surface area contributed by atoms with E-state index in [0.29, 0.717) is 16.8 Å². The highest BCUT2D eigenvalue weighted by Gasteiger charge is 2.37. The Labute approximate surface area is 174 Å². The van der Waals surface area contributed by atoms with Crippen LogP contribution in [-0.4, -0.2) is 22.8 Å². The smallest absolute Gasteiger partial charge is 0.256 e. The molecule has 1 heterocycles. The van der Waals surface area contributed by atoms with Crippen LogP contribution >= 0.6 is 0 Å². The first kappa shape index (κ1) is 19.6. The summed E-state index contributed by atoms with van der Waals surface area (Å²) in [6.07, 6.45) is -0.271. The molecule has 0 aromatic heterocycles. The number of rotatable bonds is 5. The Balaban J connectivity index is 1.51. The molecule has 3 aromatic carbocycles. The van der Waals surface area contributed by atoms with Gasteiger partial charge >= 0.3 is 0 Å². The molecular formula is C24H22FN3O2. The molecule has 1 aliphatic rings. The number of halogens is 1. The first-order chi connectivity index (χ1) is 14.4. The highest BCUT2D eigenvalue weighted by molar-refractivity contribution is 6.04. The van der Waals surface area contributed by atoms with Crippen molar-refractivity contribution in [2.75, 3.05) is 10.6 Å². The number of carbonyl (C=O) groups is 2. The van der Waals surface area contributed by atoms with Gasteiger partial charge in [-0.15, -0.1) is 0 Å². The normalized spacial score (nSPS) is 15.3. The van der Waals surface area contributed by atoms with Crippen molar-refractivity contribution in [3.8, 4) is 0 Å². The van der Waals surface area contributed by atoms with E-state index in [-0.39, 0.29) is 29.8 Å². The molecule has 0 aliphatic carbocycles. The standard InChI is InChI=1S/C24H22FN3O2/c1-15(2)28-22(20-5-3-4-6-21(20)24(28)30)26-18-11-7-16(8-12-18)23(29)27-19-13-9-17(25)10-14-19/h3-15,22,26H,1-2H3,(H,27,29). The van der Waals surface area contributed by atoms with Gasteiger partial charge in [-0.05, 0) is 68.4 Å². The van der Waals surface area contributed by atoms with Gasteiger partial charge in [0.1, 0.15) is 12.0 Å². The monoisotopic (exact) mass is 403 g/mol. The summed E-state index contributed by atoms with van der Waals surface area (Å²) in [5, 5.41) is 6.15. The fraction of sp³-hybridized carbons (Fsp3) is 0.167. The number of benzene rings is 3. The van der Waals surface area contributed by atoms with Crippen molar-refractivity contribution in [2.45, 2.75) is 26.1 Å². The molecule has 1 unspecified atom stereocenters. The Hall–Kier alpha value is -3.67. The maximum Gasteiger partial charge on any atom is 0.256 e. The highest BCUT2D eigenvalue weighted by atomic mass is 19.1. The fourth-order valence-electron chi connectivity index (χ4n) is 3.63. The third-order valence-electron chi connectivity index (χ3n) is 5.11. The van der Waals surface area contributed by atoms with Crippen LogP contribution in [0.4, 0.5) is 15.8 Å². The molecule has 2 amide bonds. The molecule has 0 bridgehead atoms. The number of nitrogens with one attached hydrogen (secondary N) is 2. The van der Waals surface area contributed by atoms with Crippen molar-refractivity contribution in [3.63, 3.8) is 0 Å². The van der Waals surface area contributed by atoms with E-state index in [1.54, 1.807) is 12.1 Å². The number of hydrogen-bond acceptors (Lipinski definition) is 3. The Morgan fingerprint density at radius 1 is 0.933 bits per heavy atom. The van der Waals surface area contributed by atoms with Gasteiger partial charge in [-0.25, -0.2) is 4.39 Å². The third kappa shape index (κ3) is 3.76. The maximum atomic E-state index is 13.0. The van der Waals surface area contributed by atoms with E-state index >= 15 is 0 Å². The highest BCUT2D eigenvalue weighted by Crippen LogP contribution is 2.35. The molecule has 3 aromatic rings. The van der Waals surface area contributed by atoms with Crippen LogP contribution in [0.3, 0.4) is 0 Å². The molecular weight excluding hydrogens is 381 g/mol. The van der Waals surface area contributed by atoms with Crippen LogP contribution < -0.4 is 10.6 Å². The third-order valence-corrected chi connectivity index (χ3v) is 5.11. The van der Waals surface area contributed by atoms with Gasteiger partial charge in [0.2, 0.25) is 0 Å². The van der Waals surface area contributed by atoms with Crippen LogP contribution in [-0.2, 0) is 0 Å². The van der Waals surface area contributed by atoms with E-state index in [9.17, 15) is 14.0 Å². The summed E-state index contributed by atoms with van der Waals surface area (Å²) < 4.78 is 13.0. The predicted molar refractivity (Wildman–Crippen MR) is 115 cm³/mol. The number of nitrogens with zero attached hydrogens (tertiary/aromatic N) is 1.